The van der Waals surface area contributed by atoms with Crippen LogP contribution in [0.15, 0.2) is 22.7 Å². The van der Waals surface area contributed by atoms with Gasteiger partial charge in [-0.05, 0) is 48.1 Å². The molecule has 1 atom stereocenters. The maximum Gasteiger partial charge on any atom is 0.255 e. The Kier molecular flexibility index (Phi) is 3.79. The smallest absolute Gasteiger partial charge is 0.255 e. The molecule has 1 aliphatic heterocycles. The zero-order chi connectivity index (χ0) is 12.4. The summed E-state index contributed by atoms with van der Waals surface area (Å²) in [6.45, 7) is 1.78. The Morgan fingerprint density at radius 2 is 2.35 bits per heavy atom. The Morgan fingerprint density at radius 3 is 2.94 bits per heavy atom. The second kappa shape index (κ2) is 5.14. The van der Waals surface area contributed by atoms with Gasteiger partial charge in [-0.2, -0.15) is 0 Å². The van der Waals surface area contributed by atoms with Crippen molar-refractivity contribution >= 4 is 21.8 Å². The molecule has 5 heteroatoms. The number of likely N-dealkylation sites (tertiary alicyclic amines) is 1. The Bertz CT molecular complexity index is 418. The maximum absolute atomic E-state index is 13.6. The molecule has 1 aromatic rings. The maximum atomic E-state index is 13.6. The second-order valence-corrected chi connectivity index (χ2v) is 5.17. The van der Waals surface area contributed by atoms with Crippen LogP contribution < -0.4 is 5.32 Å². The molecule has 2 rings (SSSR count). The molecule has 0 radical (unpaired) electrons. The van der Waals surface area contributed by atoms with E-state index >= 15 is 0 Å². The van der Waals surface area contributed by atoms with E-state index in [9.17, 15) is 9.18 Å². The van der Waals surface area contributed by atoms with E-state index in [1.54, 1.807) is 12.1 Å². The van der Waals surface area contributed by atoms with E-state index in [-0.39, 0.29) is 17.5 Å². The van der Waals surface area contributed by atoms with Crippen LogP contribution in [-0.4, -0.2) is 37.0 Å². The van der Waals surface area contributed by atoms with Crippen molar-refractivity contribution in [2.24, 2.45) is 0 Å². The Morgan fingerprint density at radius 1 is 1.59 bits per heavy atom. The van der Waals surface area contributed by atoms with Crippen molar-refractivity contribution in [1.82, 2.24) is 10.2 Å². The molecule has 0 bridgehead atoms. The number of nitrogens with zero attached hydrogens (tertiary/aromatic N) is 1. The SMILES string of the molecule is CN1CCC(NC(=O)c2c(F)cccc2Br)C1. The van der Waals surface area contributed by atoms with Gasteiger partial charge in [0.1, 0.15) is 5.82 Å². The third kappa shape index (κ3) is 2.84. The topological polar surface area (TPSA) is 32.3 Å². The first-order valence-corrected chi connectivity index (χ1v) is 6.30. The summed E-state index contributed by atoms with van der Waals surface area (Å²) in [7, 11) is 2.01. The number of benzene rings is 1. The van der Waals surface area contributed by atoms with Gasteiger partial charge in [-0.3, -0.25) is 4.79 Å². The molecule has 1 saturated heterocycles. The number of halogens is 2. The molecule has 1 aliphatic rings. The van der Waals surface area contributed by atoms with Crippen molar-refractivity contribution in [2.45, 2.75) is 12.5 Å². The number of hydrogen-bond donors (Lipinski definition) is 1. The van der Waals surface area contributed by atoms with Crippen molar-refractivity contribution in [1.29, 1.82) is 0 Å². The van der Waals surface area contributed by atoms with Crippen LogP contribution in [0.4, 0.5) is 4.39 Å². The number of hydrogen-bond acceptors (Lipinski definition) is 2. The van der Waals surface area contributed by atoms with E-state index < -0.39 is 5.82 Å². The molecule has 3 nitrogen and oxygen atoms in total. The van der Waals surface area contributed by atoms with Crippen LogP contribution in [-0.2, 0) is 0 Å². The van der Waals surface area contributed by atoms with Gasteiger partial charge in [0.25, 0.3) is 5.91 Å². The molecule has 1 aromatic carbocycles. The fourth-order valence-corrected chi connectivity index (χ4v) is 2.55. The normalized spacial score (nSPS) is 20.5. The third-order valence-corrected chi connectivity index (χ3v) is 3.58. The first-order valence-electron chi connectivity index (χ1n) is 5.51. The first kappa shape index (κ1) is 12.5. The average Bonchev–Trinajstić information content (AvgIpc) is 2.63. The first-order chi connectivity index (χ1) is 8.08. The predicted molar refractivity (Wildman–Crippen MR) is 67.5 cm³/mol. The highest BCUT2D eigenvalue weighted by molar-refractivity contribution is 9.10. The summed E-state index contributed by atoms with van der Waals surface area (Å²) in [5.74, 6) is -0.849. The number of carbonyl (C=O) groups excluding carboxylic acids is 1. The minimum atomic E-state index is -0.497. The van der Waals surface area contributed by atoms with Crippen molar-refractivity contribution < 1.29 is 9.18 Å². The van der Waals surface area contributed by atoms with E-state index in [1.807, 2.05) is 7.05 Å². The summed E-state index contributed by atoms with van der Waals surface area (Å²) in [5, 5.41) is 2.86. The van der Waals surface area contributed by atoms with Crippen LogP contribution in [0.5, 0.6) is 0 Å². The highest BCUT2D eigenvalue weighted by Crippen LogP contribution is 2.20. The van der Waals surface area contributed by atoms with Gasteiger partial charge in [-0.25, -0.2) is 4.39 Å². The standard InChI is InChI=1S/C12H14BrFN2O/c1-16-6-5-8(7-16)15-12(17)11-9(13)3-2-4-10(11)14/h2-4,8H,5-7H2,1H3,(H,15,17). The Labute approximate surface area is 108 Å². The van der Waals surface area contributed by atoms with Gasteiger partial charge in [-0.15, -0.1) is 0 Å². The molecule has 0 aromatic heterocycles. The van der Waals surface area contributed by atoms with Gasteiger partial charge in [-0.1, -0.05) is 6.07 Å². The minimum absolute atomic E-state index is 0.0852. The van der Waals surface area contributed by atoms with Crippen LogP contribution in [0.1, 0.15) is 16.8 Å². The summed E-state index contributed by atoms with van der Waals surface area (Å²) in [5.41, 5.74) is 0.0852. The number of rotatable bonds is 2. The summed E-state index contributed by atoms with van der Waals surface area (Å²) >= 11 is 3.20. The molecular weight excluding hydrogens is 287 g/mol. The van der Waals surface area contributed by atoms with E-state index in [0.29, 0.717) is 4.47 Å². The van der Waals surface area contributed by atoms with Crippen LogP contribution in [0, 0.1) is 5.82 Å². The van der Waals surface area contributed by atoms with Crippen molar-refractivity contribution in [2.75, 3.05) is 20.1 Å². The lowest BCUT2D eigenvalue weighted by Gasteiger charge is -2.13. The molecule has 1 heterocycles. The van der Waals surface area contributed by atoms with E-state index in [2.05, 4.69) is 26.1 Å². The average molecular weight is 301 g/mol. The summed E-state index contributed by atoms with van der Waals surface area (Å²) in [6, 6.07) is 4.64. The molecule has 1 fully saturated rings. The van der Waals surface area contributed by atoms with Crippen molar-refractivity contribution in [3.63, 3.8) is 0 Å². The number of nitrogens with one attached hydrogen (secondary N) is 1. The lowest BCUT2D eigenvalue weighted by molar-refractivity contribution is 0.0933. The molecule has 1 N–H and O–H groups in total. The minimum Gasteiger partial charge on any atom is -0.348 e. The number of likely N-dealkylation sites (N-methyl/N-ethyl adjacent to an activating group) is 1. The number of carbonyl (C=O) groups is 1. The molecular formula is C12H14BrFN2O. The van der Waals surface area contributed by atoms with Crippen molar-refractivity contribution in [3.8, 4) is 0 Å². The van der Waals surface area contributed by atoms with Gasteiger partial charge in [0.05, 0.1) is 5.56 Å². The van der Waals surface area contributed by atoms with Gasteiger partial charge >= 0.3 is 0 Å². The largest absolute Gasteiger partial charge is 0.348 e. The van der Waals surface area contributed by atoms with Crippen LogP contribution in [0.3, 0.4) is 0 Å². The molecule has 92 valence electrons. The fraction of sp³-hybridized carbons (Fsp3) is 0.417. The summed E-state index contributed by atoms with van der Waals surface area (Å²) in [6.07, 6.45) is 0.911. The van der Waals surface area contributed by atoms with Gasteiger partial charge in [0.2, 0.25) is 0 Å². The highest BCUT2D eigenvalue weighted by atomic mass is 79.9. The molecule has 0 aliphatic carbocycles. The van der Waals surface area contributed by atoms with Crippen molar-refractivity contribution in [3.05, 3.63) is 34.1 Å². The van der Waals surface area contributed by atoms with Crippen LogP contribution in [0.2, 0.25) is 0 Å². The van der Waals surface area contributed by atoms with E-state index in [0.717, 1.165) is 19.5 Å². The van der Waals surface area contributed by atoms with Gasteiger partial charge in [0.15, 0.2) is 0 Å². The third-order valence-electron chi connectivity index (χ3n) is 2.92. The Hall–Kier alpha value is -0.940. The van der Waals surface area contributed by atoms with E-state index in [4.69, 9.17) is 0 Å². The quantitative estimate of drug-likeness (QED) is 0.906. The highest BCUT2D eigenvalue weighted by Gasteiger charge is 2.23. The second-order valence-electron chi connectivity index (χ2n) is 4.32. The predicted octanol–water partition coefficient (Wildman–Crippen LogP) is 2.02. The Balaban J connectivity index is 2.10. The summed E-state index contributed by atoms with van der Waals surface area (Å²) < 4.78 is 14.0. The lowest BCUT2D eigenvalue weighted by Crippen LogP contribution is -2.37. The number of amides is 1. The summed E-state index contributed by atoms with van der Waals surface area (Å²) in [4.78, 5) is 14.1. The van der Waals surface area contributed by atoms with E-state index in [1.165, 1.54) is 6.07 Å². The molecule has 17 heavy (non-hydrogen) atoms. The zero-order valence-electron chi connectivity index (χ0n) is 9.54. The zero-order valence-corrected chi connectivity index (χ0v) is 11.1. The molecule has 1 unspecified atom stereocenters. The van der Waals surface area contributed by atoms with Gasteiger partial charge in [0, 0.05) is 17.1 Å². The lowest BCUT2D eigenvalue weighted by atomic mass is 10.1. The van der Waals surface area contributed by atoms with Gasteiger partial charge < -0.3 is 10.2 Å². The molecule has 0 spiro atoms. The molecule has 0 saturated carbocycles. The van der Waals surface area contributed by atoms with Crippen LogP contribution >= 0.6 is 15.9 Å². The fourth-order valence-electron chi connectivity index (χ4n) is 2.03. The molecule has 1 amide bonds. The van der Waals surface area contributed by atoms with Crippen LogP contribution in [0.25, 0.3) is 0 Å². The monoisotopic (exact) mass is 300 g/mol.